The molecule has 2 nitrogen and oxygen atoms in total. The van der Waals surface area contributed by atoms with Crippen molar-refractivity contribution in [2.24, 2.45) is 17.3 Å². The molecular weight excluding hydrogens is 432 g/mol. The van der Waals surface area contributed by atoms with Crippen LogP contribution in [0.5, 0.6) is 5.75 Å². The number of fused-ring (bicyclic) bond motifs is 5. The number of aromatic hydroxyl groups is 1. The van der Waals surface area contributed by atoms with E-state index in [9.17, 15) is 10.2 Å². The fraction of sp³-hybridized carbons (Fsp3) is 0.667. The topological polar surface area (TPSA) is 40.5 Å². The first-order valence-corrected chi connectivity index (χ1v) is 8.09. The van der Waals surface area contributed by atoms with Crippen LogP contribution in [0.2, 0.25) is 0 Å². The number of aliphatic hydroxyl groups is 1. The summed E-state index contributed by atoms with van der Waals surface area (Å²) >= 11 is 0. The predicted molar refractivity (Wildman–Crippen MR) is 78.7 cm³/mol. The molecule has 0 amide bonds. The van der Waals surface area contributed by atoms with Gasteiger partial charge in [0.05, 0.1) is 6.10 Å². The van der Waals surface area contributed by atoms with Crippen LogP contribution >= 0.6 is 0 Å². The van der Waals surface area contributed by atoms with Gasteiger partial charge in [-0.2, -0.15) is 0 Å². The average Bonchev–Trinajstić information content (AvgIpc) is 2.74. The van der Waals surface area contributed by atoms with Crippen molar-refractivity contribution in [3.63, 3.8) is 0 Å². The molecule has 2 fully saturated rings. The average molecular weight is 456 g/mol. The summed E-state index contributed by atoms with van der Waals surface area (Å²) in [5.41, 5.74) is 2.99. The minimum Gasteiger partial charge on any atom is -0.508 e. The fourth-order valence-corrected chi connectivity index (χ4v) is 5.54. The Labute approximate surface area is 141 Å². The van der Waals surface area contributed by atoms with Gasteiger partial charge >= 0.3 is 0 Å². The Bertz CT molecular complexity index is 544. The third-order valence-corrected chi connectivity index (χ3v) is 6.66. The van der Waals surface area contributed by atoms with E-state index in [1.54, 1.807) is 0 Å². The molecular formula is C18H24O2W. The normalized spacial score (nSPS) is 40.7. The monoisotopic (exact) mass is 456 g/mol. The van der Waals surface area contributed by atoms with Crippen molar-refractivity contribution in [3.05, 3.63) is 29.3 Å². The third-order valence-electron chi connectivity index (χ3n) is 6.66. The summed E-state index contributed by atoms with van der Waals surface area (Å²) in [5.74, 6) is 2.49. The summed E-state index contributed by atoms with van der Waals surface area (Å²) in [6, 6.07) is 5.96. The molecule has 2 saturated carbocycles. The number of benzene rings is 1. The number of aryl methyl sites for hydroxylation is 1. The number of phenols is 1. The first kappa shape index (κ1) is 15.6. The van der Waals surface area contributed by atoms with Crippen molar-refractivity contribution < 1.29 is 31.3 Å². The second-order valence-corrected chi connectivity index (χ2v) is 7.44. The van der Waals surface area contributed by atoms with Crippen molar-refractivity contribution in [1.82, 2.24) is 0 Å². The minimum absolute atomic E-state index is 0. The molecule has 0 heterocycles. The van der Waals surface area contributed by atoms with E-state index in [1.807, 2.05) is 12.1 Å². The molecule has 1 aromatic rings. The van der Waals surface area contributed by atoms with Gasteiger partial charge in [-0.25, -0.2) is 0 Å². The molecule has 0 aromatic heterocycles. The third kappa shape index (κ3) is 2.21. The van der Waals surface area contributed by atoms with E-state index in [1.165, 1.54) is 30.4 Å². The fourth-order valence-electron chi connectivity index (χ4n) is 5.54. The van der Waals surface area contributed by atoms with Crippen LogP contribution in [-0.4, -0.2) is 16.3 Å². The Morgan fingerprint density at radius 1 is 1.14 bits per heavy atom. The van der Waals surface area contributed by atoms with E-state index in [0.717, 1.165) is 25.2 Å². The first-order chi connectivity index (χ1) is 9.59. The second kappa shape index (κ2) is 5.39. The Morgan fingerprint density at radius 3 is 2.76 bits per heavy atom. The van der Waals surface area contributed by atoms with Crippen LogP contribution in [0.15, 0.2) is 18.2 Å². The Hall–Kier alpha value is -0.332. The zero-order valence-corrected chi connectivity index (χ0v) is 15.5. The van der Waals surface area contributed by atoms with Gasteiger partial charge in [-0.05, 0) is 85.0 Å². The molecule has 0 bridgehead atoms. The number of hydrogen-bond acceptors (Lipinski definition) is 2. The standard InChI is InChI=1S/C18H24O2.W/c1-18-9-8-14-13-5-3-12(19)10-11(13)2-4-15(14)16(18)6-7-17(18)20;/h3,5,10,14-17,19-20H,2,4,6-9H2,1H3;/t14-,15-,16+,17+,18+;/m1./s1. The number of rotatable bonds is 0. The van der Waals surface area contributed by atoms with Gasteiger partial charge in [0.15, 0.2) is 0 Å². The molecule has 114 valence electrons. The zero-order chi connectivity index (χ0) is 13.9. The summed E-state index contributed by atoms with van der Waals surface area (Å²) < 4.78 is 0. The predicted octanol–water partition coefficient (Wildman–Crippen LogP) is 3.61. The number of aliphatic hydroxyl groups excluding tert-OH is 1. The maximum Gasteiger partial charge on any atom is 0.115 e. The molecule has 0 spiro atoms. The van der Waals surface area contributed by atoms with E-state index in [-0.39, 0.29) is 32.6 Å². The Kier molecular flexibility index (Phi) is 3.99. The van der Waals surface area contributed by atoms with Gasteiger partial charge in [-0.1, -0.05) is 13.0 Å². The molecule has 3 aliphatic rings. The summed E-state index contributed by atoms with van der Waals surface area (Å²) in [6.45, 7) is 2.32. The molecule has 0 radical (unpaired) electrons. The van der Waals surface area contributed by atoms with E-state index in [4.69, 9.17) is 0 Å². The summed E-state index contributed by atoms with van der Waals surface area (Å²) in [5, 5.41) is 20.0. The summed E-state index contributed by atoms with van der Waals surface area (Å²) in [7, 11) is 0. The Morgan fingerprint density at radius 2 is 1.95 bits per heavy atom. The molecule has 3 aliphatic carbocycles. The largest absolute Gasteiger partial charge is 0.508 e. The van der Waals surface area contributed by atoms with E-state index in [2.05, 4.69) is 13.0 Å². The molecule has 5 atom stereocenters. The van der Waals surface area contributed by atoms with Gasteiger partial charge < -0.3 is 10.2 Å². The van der Waals surface area contributed by atoms with Crippen LogP contribution < -0.4 is 0 Å². The first-order valence-electron chi connectivity index (χ1n) is 8.09. The van der Waals surface area contributed by atoms with Crippen molar-refractivity contribution in [2.45, 2.75) is 57.5 Å². The molecule has 2 N–H and O–H groups in total. The van der Waals surface area contributed by atoms with Crippen LogP contribution in [0.25, 0.3) is 0 Å². The maximum atomic E-state index is 10.4. The molecule has 1 aromatic carbocycles. The zero-order valence-electron chi connectivity index (χ0n) is 12.6. The quantitative estimate of drug-likeness (QED) is 0.627. The van der Waals surface area contributed by atoms with Crippen LogP contribution in [0.1, 0.15) is 56.1 Å². The minimum atomic E-state index is -0.0883. The van der Waals surface area contributed by atoms with Gasteiger partial charge in [0.25, 0.3) is 0 Å². The van der Waals surface area contributed by atoms with Gasteiger partial charge in [0.1, 0.15) is 5.75 Å². The van der Waals surface area contributed by atoms with Crippen molar-refractivity contribution in [3.8, 4) is 5.75 Å². The summed E-state index contributed by atoms with van der Waals surface area (Å²) in [6.07, 6.45) is 6.78. The van der Waals surface area contributed by atoms with Gasteiger partial charge in [0, 0.05) is 21.1 Å². The molecule has 0 saturated heterocycles. The van der Waals surface area contributed by atoms with Crippen LogP contribution in [0.3, 0.4) is 0 Å². The SMILES string of the molecule is C[C@]12CC[C@@H]3c4ccc(O)cc4CC[C@H]3[C@@H]1CC[C@@H]2O.[W]. The van der Waals surface area contributed by atoms with E-state index >= 15 is 0 Å². The van der Waals surface area contributed by atoms with Crippen molar-refractivity contribution in [1.29, 1.82) is 0 Å². The van der Waals surface area contributed by atoms with Crippen LogP contribution in [0, 0.1) is 17.3 Å². The second-order valence-electron chi connectivity index (χ2n) is 7.44. The summed E-state index contributed by atoms with van der Waals surface area (Å²) in [4.78, 5) is 0. The van der Waals surface area contributed by atoms with E-state index < -0.39 is 0 Å². The molecule has 21 heavy (non-hydrogen) atoms. The van der Waals surface area contributed by atoms with Crippen LogP contribution in [0.4, 0.5) is 0 Å². The molecule has 3 heteroatoms. The molecule has 0 aliphatic heterocycles. The Balaban J connectivity index is 0.00000132. The number of hydrogen-bond donors (Lipinski definition) is 2. The maximum absolute atomic E-state index is 10.4. The number of phenolic OH excluding ortho intramolecular Hbond substituents is 1. The molecule has 0 unspecified atom stereocenters. The van der Waals surface area contributed by atoms with Gasteiger partial charge in [-0.15, -0.1) is 0 Å². The molecule has 4 rings (SSSR count). The van der Waals surface area contributed by atoms with Crippen molar-refractivity contribution in [2.75, 3.05) is 0 Å². The van der Waals surface area contributed by atoms with Crippen molar-refractivity contribution >= 4 is 0 Å². The van der Waals surface area contributed by atoms with E-state index in [0.29, 0.717) is 17.6 Å². The van der Waals surface area contributed by atoms with Crippen LogP contribution in [-0.2, 0) is 27.5 Å². The van der Waals surface area contributed by atoms with Gasteiger partial charge in [0.2, 0.25) is 0 Å². The smallest absolute Gasteiger partial charge is 0.115 e. The van der Waals surface area contributed by atoms with Gasteiger partial charge in [-0.3, -0.25) is 0 Å².